The fourth-order valence-corrected chi connectivity index (χ4v) is 2.59. The maximum Gasteiger partial charge on any atom is 0.387 e. The number of H-pyrrole nitrogens is 1. The highest BCUT2D eigenvalue weighted by molar-refractivity contribution is 6.02. The van der Waals surface area contributed by atoms with Crippen molar-refractivity contribution >= 4 is 22.8 Å². The van der Waals surface area contributed by atoms with Crippen molar-refractivity contribution in [3.63, 3.8) is 0 Å². The first-order valence-electron chi connectivity index (χ1n) is 8.46. The molecule has 0 atom stereocenters. The second-order valence-corrected chi connectivity index (χ2v) is 5.83. The topological polar surface area (TPSA) is 103 Å². The third-order valence-corrected chi connectivity index (χ3v) is 3.93. The van der Waals surface area contributed by atoms with Gasteiger partial charge in [0.1, 0.15) is 0 Å². The van der Waals surface area contributed by atoms with Crippen LogP contribution in [0.3, 0.4) is 0 Å². The molecule has 3 rings (SSSR count). The normalized spacial score (nSPS) is 10.8. The predicted octanol–water partition coefficient (Wildman–Crippen LogP) is 2.65. The zero-order valence-corrected chi connectivity index (χ0v) is 15.3. The van der Waals surface area contributed by atoms with Crippen molar-refractivity contribution in [1.29, 1.82) is 0 Å². The van der Waals surface area contributed by atoms with Gasteiger partial charge in [-0.05, 0) is 23.8 Å². The van der Waals surface area contributed by atoms with Gasteiger partial charge < -0.3 is 19.5 Å². The lowest BCUT2D eigenvalue weighted by Gasteiger charge is -2.12. The van der Waals surface area contributed by atoms with Crippen molar-refractivity contribution in [2.75, 3.05) is 13.7 Å². The Hall–Kier alpha value is -3.69. The second kappa shape index (κ2) is 9.00. The van der Waals surface area contributed by atoms with E-state index in [4.69, 9.17) is 9.47 Å². The number of nitrogens with one attached hydrogen (secondary N) is 2. The summed E-state index contributed by atoms with van der Waals surface area (Å²) in [7, 11) is 1.31. The molecule has 0 radical (unpaired) electrons. The van der Waals surface area contributed by atoms with E-state index in [0.29, 0.717) is 16.5 Å². The highest BCUT2D eigenvalue weighted by atomic mass is 19.3. The maximum absolute atomic E-state index is 12.3. The number of aromatic amines is 1. The molecule has 0 fully saturated rings. The molecule has 0 aliphatic heterocycles. The minimum Gasteiger partial charge on any atom is -0.493 e. The van der Waals surface area contributed by atoms with Gasteiger partial charge in [-0.25, -0.2) is 4.79 Å². The van der Waals surface area contributed by atoms with Gasteiger partial charge in [-0.15, -0.1) is 0 Å². The van der Waals surface area contributed by atoms with Gasteiger partial charge in [-0.1, -0.05) is 24.3 Å². The molecular weight excluding hydrogens is 388 g/mol. The van der Waals surface area contributed by atoms with Crippen LogP contribution in [0.5, 0.6) is 11.5 Å². The van der Waals surface area contributed by atoms with Crippen molar-refractivity contribution in [3.8, 4) is 11.5 Å². The van der Waals surface area contributed by atoms with Crippen LogP contribution in [0.15, 0.2) is 42.5 Å². The summed E-state index contributed by atoms with van der Waals surface area (Å²) in [6.07, 6.45) is 0. The van der Waals surface area contributed by atoms with Crippen molar-refractivity contribution in [1.82, 2.24) is 15.5 Å². The molecule has 0 saturated heterocycles. The zero-order chi connectivity index (χ0) is 20.8. The Bertz CT molecular complexity index is 1020. The number of methoxy groups -OCH3 is 1. The molecular formula is C19H17F2N3O5. The van der Waals surface area contributed by atoms with Crippen LogP contribution in [0.25, 0.3) is 10.9 Å². The first-order valence-corrected chi connectivity index (χ1v) is 8.46. The average molecular weight is 405 g/mol. The summed E-state index contributed by atoms with van der Waals surface area (Å²) in [5, 5.41) is 9.77. The lowest BCUT2D eigenvalue weighted by Crippen LogP contribution is -2.28. The average Bonchev–Trinajstić information content (AvgIpc) is 3.15. The highest BCUT2D eigenvalue weighted by Gasteiger charge is 2.17. The monoisotopic (exact) mass is 405 g/mol. The summed E-state index contributed by atoms with van der Waals surface area (Å²) in [5.74, 6) is -1.27. The van der Waals surface area contributed by atoms with E-state index in [9.17, 15) is 18.4 Å². The molecule has 29 heavy (non-hydrogen) atoms. The van der Waals surface area contributed by atoms with Crippen LogP contribution in [0, 0.1) is 0 Å². The van der Waals surface area contributed by atoms with Gasteiger partial charge in [0.05, 0.1) is 12.6 Å². The molecule has 0 saturated carbocycles. The lowest BCUT2D eigenvalue weighted by atomic mass is 10.2. The van der Waals surface area contributed by atoms with Gasteiger partial charge in [0.2, 0.25) is 0 Å². The van der Waals surface area contributed by atoms with Gasteiger partial charge in [0.25, 0.3) is 5.91 Å². The van der Waals surface area contributed by atoms with Crippen LogP contribution >= 0.6 is 0 Å². The predicted molar refractivity (Wildman–Crippen MR) is 97.8 cm³/mol. The van der Waals surface area contributed by atoms with Crippen molar-refractivity contribution in [2.24, 2.45) is 0 Å². The van der Waals surface area contributed by atoms with Crippen LogP contribution < -0.4 is 14.8 Å². The molecule has 1 amide bonds. The number of ether oxygens (including phenoxy) is 3. The van der Waals surface area contributed by atoms with Crippen LogP contribution in [0.4, 0.5) is 8.78 Å². The van der Waals surface area contributed by atoms with Gasteiger partial charge in [-0.2, -0.15) is 13.9 Å². The molecule has 8 nitrogen and oxygen atoms in total. The molecule has 152 valence electrons. The van der Waals surface area contributed by atoms with Gasteiger partial charge in [0, 0.05) is 11.9 Å². The van der Waals surface area contributed by atoms with E-state index in [1.807, 2.05) is 0 Å². The number of aromatic nitrogens is 2. The number of benzene rings is 2. The SMILES string of the molecule is COc1cc(CNC(=O)COC(=O)c2n[nH]c3ccccc23)ccc1OC(F)F. The molecule has 3 aromatic rings. The molecule has 0 bridgehead atoms. The smallest absolute Gasteiger partial charge is 0.387 e. The molecule has 1 aromatic heterocycles. The number of rotatable bonds is 8. The Morgan fingerprint density at radius 1 is 1.17 bits per heavy atom. The quantitative estimate of drug-likeness (QED) is 0.559. The van der Waals surface area contributed by atoms with E-state index in [1.165, 1.54) is 25.3 Å². The van der Waals surface area contributed by atoms with E-state index < -0.39 is 25.1 Å². The number of hydrogen-bond acceptors (Lipinski definition) is 6. The van der Waals surface area contributed by atoms with Crippen molar-refractivity contribution in [3.05, 3.63) is 53.7 Å². The molecule has 0 unspecified atom stereocenters. The fraction of sp³-hybridized carbons (Fsp3) is 0.211. The number of amides is 1. The number of hydrogen-bond donors (Lipinski definition) is 2. The number of nitrogens with zero attached hydrogens (tertiary/aromatic N) is 1. The second-order valence-electron chi connectivity index (χ2n) is 5.83. The summed E-state index contributed by atoms with van der Waals surface area (Å²) in [5.41, 5.74) is 1.35. The van der Waals surface area contributed by atoms with Gasteiger partial charge in [-0.3, -0.25) is 9.89 Å². The highest BCUT2D eigenvalue weighted by Crippen LogP contribution is 2.29. The Kier molecular flexibility index (Phi) is 6.22. The standard InChI is InChI=1S/C19H17F2N3O5/c1-27-15-8-11(6-7-14(15)29-19(20)21)9-22-16(25)10-28-18(26)17-12-4-2-3-5-13(12)23-24-17/h2-8,19H,9-10H2,1H3,(H,22,25)(H,23,24). The molecule has 10 heteroatoms. The number of halogens is 2. The number of esters is 1. The minimum absolute atomic E-state index is 0.0764. The van der Waals surface area contributed by atoms with E-state index in [2.05, 4.69) is 20.3 Å². The summed E-state index contributed by atoms with van der Waals surface area (Å²) in [4.78, 5) is 24.1. The van der Waals surface area contributed by atoms with Gasteiger partial charge in [0.15, 0.2) is 23.8 Å². The Morgan fingerprint density at radius 2 is 1.97 bits per heavy atom. The molecule has 1 heterocycles. The summed E-state index contributed by atoms with van der Waals surface area (Å²) in [6.45, 7) is -3.40. The number of carbonyl (C=O) groups is 2. The third-order valence-electron chi connectivity index (χ3n) is 3.93. The number of para-hydroxylation sites is 1. The summed E-state index contributed by atoms with van der Waals surface area (Å²) < 4.78 is 39.0. The Morgan fingerprint density at radius 3 is 2.72 bits per heavy atom. The van der Waals surface area contributed by atoms with E-state index in [1.54, 1.807) is 24.3 Å². The Balaban J connectivity index is 1.53. The molecule has 0 aliphatic rings. The fourth-order valence-electron chi connectivity index (χ4n) is 2.59. The van der Waals surface area contributed by atoms with Crippen molar-refractivity contribution < 1.29 is 32.6 Å². The van der Waals surface area contributed by atoms with Crippen molar-refractivity contribution in [2.45, 2.75) is 13.2 Å². The maximum atomic E-state index is 12.3. The minimum atomic E-state index is -2.98. The van der Waals surface area contributed by atoms with E-state index in [-0.39, 0.29) is 23.7 Å². The number of carbonyl (C=O) groups excluding carboxylic acids is 2. The van der Waals surface area contributed by atoms with Crippen LogP contribution in [0.2, 0.25) is 0 Å². The largest absolute Gasteiger partial charge is 0.493 e. The zero-order valence-electron chi connectivity index (χ0n) is 15.3. The first kappa shape index (κ1) is 20.1. The van der Waals surface area contributed by atoms with Gasteiger partial charge >= 0.3 is 12.6 Å². The first-order chi connectivity index (χ1) is 14.0. The lowest BCUT2D eigenvalue weighted by molar-refractivity contribution is -0.124. The van der Waals surface area contributed by atoms with E-state index in [0.717, 1.165) is 0 Å². The summed E-state index contributed by atoms with van der Waals surface area (Å²) >= 11 is 0. The van der Waals surface area contributed by atoms with E-state index >= 15 is 0 Å². The van der Waals surface area contributed by atoms with Crippen LogP contribution in [-0.4, -0.2) is 42.4 Å². The molecule has 2 aromatic carbocycles. The molecule has 2 N–H and O–H groups in total. The molecule has 0 spiro atoms. The Labute approximate surface area is 163 Å². The summed E-state index contributed by atoms with van der Waals surface area (Å²) in [6, 6.07) is 11.3. The number of fused-ring (bicyclic) bond motifs is 1. The number of alkyl halides is 2. The van der Waals surface area contributed by atoms with Crippen LogP contribution in [-0.2, 0) is 16.1 Å². The van der Waals surface area contributed by atoms with Crippen LogP contribution in [0.1, 0.15) is 16.1 Å². The molecule has 0 aliphatic carbocycles. The third kappa shape index (κ3) is 4.98.